The maximum Gasteiger partial charge on any atom is -0.00298 e. The fourth-order valence-electron chi connectivity index (χ4n) is 4.85. The summed E-state index contributed by atoms with van der Waals surface area (Å²) < 4.78 is 0. The Hall–Kier alpha value is -2.60. The van der Waals surface area contributed by atoms with E-state index in [1.165, 1.54) is 63.8 Å². The lowest BCUT2D eigenvalue weighted by Crippen LogP contribution is -2.16. The number of allylic oxidation sites excluding steroid dienone is 1. The van der Waals surface area contributed by atoms with Crippen molar-refractivity contribution in [1.29, 1.82) is 0 Å². The molecule has 0 atom stereocenters. The smallest absolute Gasteiger partial charge is 0.00298 e. The first-order valence-corrected chi connectivity index (χ1v) is 12.6. The van der Waals surface area contributed by atoms with Crippen LogP contribution in [0, 0.1) is 0 Å². The van der Waals surface area contributed by atoms with Crippen molar-refractivity contribution < 1.29 is 0 Å². The zero-order chi connectivity index (χ0) is 23.8. The fraction of sp³-hybridized carbons (Fsp3) is 0.394. The Kier molecular flexibility index (Phi) is 6.41. The van der Waals surface area contributed by atoms with Crippen molar-refractivity contribution in [3.05, 3.63) is 88.5 Å². The molecule has 0 unspecified atom stereocenters. The van der Waals surface area contributed by atoms with Crippen molar-refractivity contribution >= 4 is 6.08 Å². The van der Waals surface area contributed by atoms with E-state index in [0.717, 1.165) is 6.42 Å². The van der Waals surface area contributed by atoms with Crippen LogP contribution in [-0.4, -0.2) is 0 Å². The van der Waals surface area contributed by atoms with Crippen LogP contribution in [0.25, 0.3) is 28.3 Å². The zero-order valence-corrected chi connectivity index (χ0v) is 21.7. The van der Waals surface area contributed by atoms with Crippen molar-refractivity contribution in [1.82, 2.24) is 0 Å². The van der Waals surface area contributed by atoms with Crippen LogP contribution in [0.4, 0.5) is 0 Å². The number of rotatable bonds is 5. The van der Waals surface area contributed by atoms with E-state index in [0.29, 0.717) is 0 Å². The van der Waals surface area contributed by atoms with Crippen molar-refractivity contribution in [3.8, 4) is 22.3 Å². The van der Waals surface area contributed by atoms with Crippen LogP contribution >= 0.6 is 0 Å². The molecule has 0 heterocycles. The predicted molar refractivity (Wildman–Crippen MR) is 146 cm³/mol. The summed E-state index contributed by atoms with van der Waals surface area (Å²) in [5.41, 5.74) is 12.9. The van der Waals surface area contributed by atoms with Gasteiger partial charge in [-0.15, -0.1) is 0 Å². The molecule has 33 heavy (non-hydrogen) atoms. The summed E-state index contributed by atoms with van der Waals surface area (Å²) >= 11 is 0. The maximum atomic E-state index is 2.51. The Morgan fingerprint density at radius 1 is 0.727 bits per heavy atom. The first-order chi connectivity index (χ1) is 15.6. The van der Waals surface area contributed by atoms with Crippen molar-refractivity contribution in [2.75, 3.05) is 0 Å². The summed E-state index contributed by atoms with van der Waals surface area (Å²) in [4.78, 5) is 0. The molecule has 0 amide bonds. The first-order valence-electron chi connectivity index (χ1n) is 12.6. The zero-order valence-electron chi connectivity index (χ0n) is 21.7. The number of unbranched alkanes of at least 4 members (excludes halogenated alkanes) is 1. The van der Waals surface area contributed by atoms with E-state index >= 15 is 0 Å². The summed E-state index contributed by atoms with van der Waals surface area (Å²) in [6.07, 6.45) is 7.34. The van der Waals surface area contributed by atoms with E-state index in [9.17, 15) is 0 Å². The van der Waals surface area contributed by atoms with Gasteiger partial charge < -0.3 is 0 Å². The molecule has 0 aliphatic heterocycles. The molecular weight excluding hydrogens is 396 g/mol. The van der Waals surface area contributed by atoms with E-state index in [1.54, 1.807) is 5.57 Å². The van der Waals surface area contributed by atoms with Gasteiger partial charge in [0.2, 0.25) is 0 Å². The van der Waals surface area contributed by atoms with Crippen LogP contribution in [0.2, 0.25) is 0 Å². The highest BCUT2D eigenvalue weighted by atomic mass is 14.3. The lowest BCUT2D eigenvalue weighted by Gasteiger charge is -2.27. The Labute approximate surface area is 201 Å². The number of benzene rings is 3. The van der Waals surface area contributed by atoms with Crippen molar-refractivity contribution in [3.63, 3.8) is 0 Å². The van der Waals surface area contributed by atoms with E-state index in [4.69, 9.17) is 0 Å². The number of hydrogen-bond acceptors (Lipinski definition) is 0. The molecule has 0 heteroatoms. The average molecular weight is 437 g/mol. The molecule has 0 saturated heterocycles. The van der Waals surface area contributed by atoms with Gasteiger partial charge in [-0.05, 0) is 74.6 Å². The Morgan fingerprint density at radius 3 is 1.94 bits per heavy atom. The minimum atomic E-state index is 0.100. The molecule has 172 valence electrons. The van der Waals surface area contributed by atoms with Gasteiger partial charge in [-0.25, -0.2) is 0 Å². The van der Waals surface area contributed by atoms with E-state index in [-0.39, 0.29) is 10.8 Å². The van der Waals surface area contributed by atoms with E-state index in [2.05, 4.69) is 115 Å². The summed E-state index contributed by atoms with van der Waals surface area (Å²) in [7, 11) is 0. The molecule has 4 rings (SSSR count). The third kappa shape index (κ3) is 5.01. The molecule has 0 aromatic heterocycles. The third-order valence-corrected chi connectivity index (χ3v) is 6.99. The fourth-order valence-corrected chi connectivity index (χ4v) is 4.85. The molecule has 0 nitrogen and oxygen atoms in total. The Morgan fingerprint density at radius 2 is 1.36 bits per heavy atom. The van der Waals surface area contributed by atoms with Gasteiger partial charge in [0, 0.05) is 0 Å². The molecule has 0 spiro atoms. The third-order valence-electron chi connectivity index (χ3n) is 6.99. The van der Waals surface area contributed by atoms with Crippen LogP contribution < -0.4 is 0 Å². The number of hydrogen-bond donors (Lipinski definition) is 0. The molecule has 0 N–H and O–H groups in total. The molecule has 3 aromatic carbocycles. The minimum Gasteiger partial charge on any atom is -0.0654 e. The van der Waals surface area contributed by atoms with Crippen LogP contribution in [0.1, 0.15) is 90.0 Å². The molecule has 0 fully saturated rings. The molecule has 0 saturated carbocycles. The van der Waals surface area contributed by atoms with E-state index < -0.39 is 0 Å². The average Bonchev–Trinajstić information content (AvgIpc) is 3.19. The second-order valence-corrected chi connectivity index (χ2v) is 11.8. The summed E-state index contributed by atoms with van der Waals surface area (Å²) in [6.45, 7) is 16.3. The largest absolute Gasteiger partial charge is 0.0654 e. The molecule has 3 aromatic rings. The minimum absolute atomic E-state index is 0.100. The highest BCUT2D eigenvalue weighted by molar-refractivity contribution is 5.92. The van der Waals surface area contributed by atoms with Gasteiger partial charge in [-0.1, -0.05) is 127 Å². The van der Waals surface area contributed by atoms with E-state index in [1.807, 2.05) is 0 Å². The van der Waals surface area contributed by atoms with Crippen LogP contribution in [0.5, 0.6) is 0 Å². The standard InChI is InChI=1S/C33H40/c1-8-9-13-23-18-25-16-17-29(24-14-11-10-12-15-24)31(30(25)19-23)26-20-27(32(2,3)4)22-28(21-26)33(5,6)7/h10-12,14-17,19-22H,8-9,13,18H2,1-7H3. The van der Waals surface area contributed by atoms with Crippen LogP contribution in [0.3, 0.4) is 0 Å². The predicted octanol–water partition coefficient (Wildman–Crippen LogP) is 9.75. The van der Waals surface area contributed by atoms with Gasteiger partial charge in [-0.3, -0.25) is 0 Å². The van der Waals surface area contributed by atoms with Gasteiger partial charge in [0.1, 0.15) is 0 Å². The van der Waals surface area contributed by atoms with Gasteiger partial charge in [0.25, 0.3) is 0 Å². The number of fused-ring (bicyclic) bond motifs is 1. The molecular formula is C33H40. The van der Waals surface area contributed by atoms with Crippen LogP contribution in [-0.2, 0) is 17.3 Å². The first kappa shape index (κ1) is 23.6. The van der Waals surface area contributed by atoms with Crippen molar-refractivity contribution in [2.24, 2.45) is 0 Å². The second-order valence-electron chi connectivity index (χ2n) is 11.8. The van der Waals surface area contributed by atoms with Gasteiger partial charge >= 0.3 is 0 Å². The summed E-state index contributed by atoms with van der Waals surface area (Å²) in [5.74, 6) is 0. The summed E-state index contributed by atoms with van der Waals surface area (Å²) in [6, 6.07) is 23.0. The normalized spacial score (nSPS) is 13.7. The molecule has 0 radical (unpaired) electrons. The van der Waals surface area contributed by atoms with Crippen LogP contribution in [0.15, 0.2) is 66.2 Å². The lowest BCUT2D eigenvalue weighted by atomic mass is 9.77. The van der Waals surface area contributed by atoms with Crippen molar-refractivity contribution in [2.45, 2.75) is 85.0 Å². The monoisotopic (exact) mass is 436 g/mol. The molecule has 1 aliphatic rings. The summed E-state index contributed by atoms with van der Waals surface area (Å²) in [5, 5.41) is 0. The lowest BCUT2D eigenvalue weighted by molar-refractivity contribution is 0.569. The van der Waals surface area contributed by atoms with Gasteiger partial charge in [0.15, 0.2) is 0 Å². The quantitative estimate of drug-likeness (QED) is 0.373. The maximum absolute atomic E-state index is 2.51. The molecule has 0 bridgehead atoms. The topological polar surface area (TPSA) is 0 Å². The second kappa shape index (κ2) is 8.98. The Balaban J connectivity index is 2.01. The van der Waals surface area contributed by atoms with Gasteiger partial charge in [-0.2, -0.15) is 0 Å². The Bertz CT molecular complexity index is 1130. The molecule has 1 aliphatic carbocycles. The highest BCUT2D eigenvalue weighted by Crippen LogP contribution is 2.44. The highest BCUT2D eigenvalue weighted by Gasteiger charge is 2.25. The van der Waals surface area contributed by atoms with Gasteiger partial charge in [0.05, 0.1) is 0 Å². The SMILES string of the molecule is CCCCC1=Cc2c(ccc(-c3ccccc3)c2-c2cc(C(C)(C)C)cc(C(C)(C)C)c2)C1.